The minimum absolute atomic E-state index is 0.0227. The van der Waals surface area contributed by atoms with Crippen molar-refractivity contribution >= 4 is 5.78 Å². The average Bonchev–Trinajstić information content (AvgIpc) is 3.76. The number of nitrogens with two attached hydrogens (primary N) is 1. The van der Waals surface area contributed by atoms with Crippen LogP contribution in [0.5, 0.6) is 0 Å². The molecule has 10 aliphatic rings. The number of ether oxygens (including phenoxy) is 9. The third-order valence-electron chi connectivity index (χ3n) is 14.4. The number of fused-ring (bicyclic) bond motifs is 6. The minimum Gasteiger partial charge on any atom is -0.392 e. The second-order valence-corrected chi connectivity index (χ2v) is 18.1. The van der Waals surface area contributed by atoms with Gasteiger partial charge in [-0.3, -0.25) is 4.79 Å². The van der Waals surface area contributed by atoms with E-state index in [2.05, 4.69) is 27.0 Å². The summed E-state index contributed by atoms with van der Waals surface area (Å²) < 4.78 is 60.5. The highest BCUT2D eigenvalue weighted by molar-refractivity contribution is 5.79. The molecule has 0 aromatic rings. The van der Waals surface area contributed by atoms with E-state index >= 15 is 0 Å². The molecule has 10 heterocycles. The molecule has 0 aliphatic carbocycles. The first-order valence-electron chi connectivity index (χ1n) is 20.5. The molecule has 4 unspecified atom stereocenters. The molecular weight excluding hydrogens is 682 g/mol. The fourth-order valence-electron chi connectivity index (χ4n) is 11.7. The lowest BCUT2D eigenvalue weighted by Gasteiger charge is -2.47. The van der Waals surface area contributed by atoms with Crippen LogP contribution in [0.4, 0.5) is 0 Å². The van der Waals surface area contributed by atoms with Crippen LogP contribution in [0.2, 0.25) is 0 Å². The molecule has 0 aromatic carbocycles. The lowest BCUT2D eigenvalue weighted by Crippen LogP contribution is -2.61. The van der Waals surface area contributed by atoms with Gasteiger partial charge in [-0.1, -0.05) is 20.1 Å². The van der Waals surface area contributed by atoms with Gasteiger partial charge in [0.05, 0.1) is 61.0 Å². The molecule has 53 heavy (non-hydrogen) atoms. The number of methoxy groups -OCH3 is 1. The summed E-state index contributed by atoms with van der Waals surface area (Å²) in [5, 5.41) is 10.5. The summed E-state index contributed by atoms with van der Waals surface area (Å²) in [6.07, 6.45) is 4.60. The Bertz CT molecular complexity index is 1430. The summed E-state index contributed by atoms with van der Waals surface area (Å²) in [5.41, 5.74) is 7.51. The molecule has 10 fully saturated rings. The van der Waals surface area contributed by atoms with E-state index in [0.717, 1.165) is 49.7 Å². The molecule has 0 radical (unpaired) electrons. The van der Waals surface area contributed by atoms with Gasteiger partial charge in [-0.2, -0.15) is 0 Å². The molecule has 3 N–H and O–H groups in total. The first-order chi connectivity index (χ1) is 25.4. The third kappa shape index (κ3) is 6.73. The maximum Gasteiger partial charge on any atom is 0.172 e. The molecule has 10 rings (SSSR count). The van der Waals surface area contributed by atoms with Crippen molar-refractivity contribution in [3.8, 4) is 0 Å². The van der Waals surface area contributed by atoms with Gasteiger partial charge in [0, 0.05) is 58.1 Å². The van der Waals surface area contributed by atoms with Crippen LogP contribution in [-0.4, -0.2) is 127 Å². The van der Waals surface area contributed by atoms with E-state index in [-0.39, 0.29) is 116 Å². The Morgan fingerprint density at radius 3 is 2.43 bits per heavy atom. The number of aliphatic hydroxyl groups excluding tert-OH is 1. The van der Waals surface area contributed by atoms with Crippen LogP contribution in [0, 0.1) is 11.8 Å². The third-order valence-corrected chi connectivity index (χ3v) is 14.4. The Balaban J connectivity index is 1.00. The van der Waals surface area contributed by atoms with Crippen LogP contribution in [0.3, 0.4) is 0 Å². The van der Waals surface area contributed by atoms with Gasteiger partial charge in [0.15, 0.2) is 5.79 Å². The highest BCUT2D eigenvalue weighted by atomic mass is 16.8. The topological polar surface area (TPSA) is 146 Å². The van der Waals surface area contributed by atoms with Crippen molar-refractivity contribution < 1.29 is 52.5 Å². The van der Waals surface area contributed by atoms with Crippen molar-refractivity contribution in [2.75, 3.05) is 13.7 Å². The monoisotopic (exact) mass is 743 g/mol. The van der Waals surface area contributed by atoms with Gasteiger partial charge >= 0.3 is 0 Å². The molecule has 19 atom stereocenters. The molecule has 0 amide bonds. The van der Waals surface area contributed by atoms with E-state index in [4.69, 9.17) is 48.4 Å². The Morgan fingerprint density at radius 2 is 1.62 bits per heavy atom. The number of hydrogen-bond donors (Lipinski definition) is 2. The molecule has 10 saturated heterocycles. The quantitative estimate of drug-likeness (QED) is 0.404. The summed E-state index contributed by atoms with van der Waals surface area (Å²) in [6, 6.07) is 0. The van der Waals surface area contributed by atoms with Crippen molar-refractivity contribution in [1.82, 2.24) is 0 Å². The van der Waals surface area contributed by atoms with Gasteiger partial charge < -0.3 is 53.5 Å². The van der Waals surface area contributed by atoms with E-state index in [1.807, 2.05) is 0 Å². The summed E-state index contributed by atoms with van der Waals surface area (Å²) in [4.78, 5) is 14.1. The Hall–Kier alpha value is -1.29. The number of carbonyl (C=O) groups excluding carboxylic acids is 1. The van der Waals surface area contributed by atoms with Crippen LogP contribution >= 0.6 is 0 Å². The zero-order chi connectivity index (χ0) is 36.8. The Labute approximate surface area is 313 Å². The lowest BCUT2D eigenvalue weighted by molar-refractivity contribution is -0.294. The SMILES string of the molecule is C=C1C[C@@H]2CC[C@@]34C[C@]5(C)O[C@@H]6[C@@H](O[C@H]7CCC(CC(=O)C[C@@H]8[C@@H](OC)[C@@H](C[C@H](O)CN)O[C@H]8CC8O[C@@H](CCC1O2)C[C@@H](C)C8=C)OC7[C@@H]6O3)[C@H]5O4. The smallest absolute Gasteiger partial charge is 0.172 e. The average molecular weight is 744 g/mol. The maximum absolute atomic E-state index is 14.1. The summed E-state index contributed by atoms with van der Waals surface area (Å²) in [6.45, 7) is 13.4. The fourth-order valence-corrected chi connectivity index (χ4v) is 11.7. The number of aliphatic hydroxyl groups is 1. The normalized spacial score (nSPS) is 53.0. The van der Waals surface area contributed by atoms with E-state index in [1.165, 1.54) is 0 Å². The summed E-state index contributed by atoms with van der Waals surface area (Å²) in [5.74, 6) is -0.666. The van der Waals surface area contributed by atoms with Crippen molar-refractivity contribution in [2.45, 2.75) is 200 Å². The van der Waals surface area contributed by atoms with Gasteiger partial charge in [-0.25, -0.2) is 0 Å². The van der Waals surface area contributed by atoms with Crippen molar-refractivity contribution in [3.63, 3.8) is 0 Å². The predicted octanol–water partition coefficient (Wildman–Crippen LogP) is 3.83. The number of rotatable bonds is 4. The number of Topliss-reactive ketones (excluding diaryl/α,β-unsaturated/α-hetero) is 1. The Morgan fingerprint density at radius 1 is 0.849 bits per heavy atom. The molecule has 296 valence electrons. The van der Waals surface area contributed by atoms with Gasteiger partial charge in [0.2, 0.25) is 0 Å². The van der Waals surface area contributed by atoms with Crippen LogP contribution < -0.4 is 5.73 Å². The molecule has 1 spiro atoms. The van der Waals surface area contributed by atoms with Gasteiger partial charge in [0.25, 0.3) is 0 Å². The van der Waals surface area contributed by atoms with Crippen LogP contribution in [0.15, 0.2) is 24.3 Å². The maximum atomic E-state index is 14.1. The van der Waals surface area contributed by atoms with Crippen LogP contribution in [0.25, 0.3) is 0 Å². The van der Waals surface area contributed by atoms with Gasteiger partial charge in [-0.15, -0.1) is 0 Å². The Kier molecular flexibility index (Phi) is 10.0. The van der Waals surface area contributed by atoms with Crippen LogP contribution in [0.1, 0.15) is 97.3 Å². The molecule has 12 nitrogen and oxygen atoms in total. The van der Waals surface area contributed by atoms with Crippen LogP contribution in [-0.2, 0) is 47.4 Å². The van der Waals surface area contributed by atoms with Gasteiger partial charge in [0.1, 0.15) is 41.9 Å². The lowest BCUT2D eigenvalue weighted by atomic mass is 9.81. The molecular formula is C41H61NO11. The first-order valence-corrected chi connectivity index (χ1v) is 20.5. The fraction of sp³-hybridized carbons (Fsp3) is 0.878. The van der Waals surface area contributed by atoms with Crippen molar-refractivity contribution in [3.05, 3.63) is 24.3 Å². The predicted molar refractivity (Wildman–Crippen MR) is 191 cm³/mol. The molecule has 10 aliphatic heterocycles. The number of ketones is 1. The molecule has 12 bridgehead atoms. The van der Waals surface area contributed by atoms with E-state index < -0.39 is 23.6 Å². The second kappa shape index (κ2) is 14.3. The second-order valence-electron chi connectivity index (χ2n) is 18.1. The van der Waals surface area contributed by atoms with Crippen molar-refractivity contribution in [1.29, 1.82) is 0 Å². The largest absolute Gasteiger partial charge is 0.392 e. The van der Waals surface area contributed by atoms with E-state index in [1.54, 1.807) is 7.11 Å². The number of carbonyl (C=O) groups is 1. The summed E-state index contributed by atoms with van der Waals surface area (Å²) in [7, 11) is 1.66. The van der Waals surface area contributed by atoms with E-state index in [9.17, 15) is 9.90 Å². The first kappa shape index (κ1) is 37.3. The molecule has 12 heteroatoms. The zero-order valence-electron chi connectivity index (χ0n) is 31.7. The minimum atomic E-state index is -0.818. The zero-order valence-corrected chi connectivity index (χ0v) is 31.7. The summed E-state index contributed by atoms with van der Waals surface area (Å²) >= 11 is 0. The van der Waals surface area contributed by atoms with Crippen molar-refractivity contribution in [2.24, 2.45) is 17.6 Å². The van der Waals surface area contributed by atoms with Gasteiger partial charge in [-0.05, 0) is 68.9 Å². The standard InChI is InChI=1S/C41H61NO11/c1-20-12-25-6-8-29-21(2)13-27(46-29)10-11-41-19-40(4)39(53-41)38-37(51-40)36(52-41)35-30(50-38)9-7-26(48-35)14-23(43)15-28-32(17-31(47-25)22(20)3)49-33(34(28)45-5)16-24(44)18-42/h20,24-39,44H,2-3,6-19,42H2,1,4-5H3/t20-,24+,25+,26?,27+,28+,29?,30+,31?,32+,33-,34-,35?,36+,37+,38-,39-,40+,41-/m1/s1. The number of hydrogen-bond acceptors (Lipinski definition) is 12. The molecule has 0 saturated carbocycles. The van der Waals surface area contributed by atoms with E-state index in [0.29, 0.717) is 32.1 Å². The molecule has 0 aromatic heterocycles. The highest BCUT2D eigenvalue weighted by Gasteiger charge is 2.73. The highest BCUT2D eigenvalue weighted by Crippen LogP contribution is 2.58.